The zero-order valence-electron chi connectivity index (χ0n) is 9.00. The second-order valence-corrected chi connectivity index (χ2v) is 5.03. The van der Waals surface area contributed by atoms with Gasteiger partial charge in [0.1, 0.15) is 5.75 Å². The first-order valence-corrected chi connectivity index (χ1v) is 5.91. The molecule has 4 heteroatoms. The van der Waals surface area contributed by atoms with Crippen LogP contribution in [0.1, 0.15) is 23.2 Å². The van der Waals surface area contributed by atoms with Gasteiger partial charge in [-0.25, -0.2) is 0 Å². The molecule has 0 aromatic heterocycles. The normalized spacial score (nSPS) is 16.9. The molecule has 1 aromatic rings. The number of methoxy groups -OCH3 is 1. The van der Waals surface area contributed by atoms with Gasteiger partial charge in [0.15, 0.2) is 5.78 Å². The third-order valence-corrected chi connectivity index (χ3v) is 3.54. The van der Waals surface area contributed by atoms with Gasteiger partial charge >= 0.3 is 0 Å². The lowest BCUT2D eigenvalue weighted by atomic mass is 9.95. The number of ether oxygens (including phenoxy) is 1. The Morgan fingerprint density at radius 1 is 1.56 bits per heavy atom. The molecule has 0 aliphatic heterocycles. The summed E-state index contributed by atoms with van der Waals surface area (Å²) < 4.78 is 6.00. The summed E-state index contributed by atoms with van der Waals surface area (Å²) in [4.78, 5) is 12.2. The molecule has 0 heterocycles. The highest BCUT2D eigenvalue weighted by Crippen LogP contribution is 2.48. The maximum atomic E-state index is 12.2. The first-order valence-electron chi connectivity index (χ1n) is 5.12. The van der Waals surface area contributed by atoms with Crippen LogP contribution < -0.4 is 4.74 Å². The van der Waals surface area contributed by atoms with E-state index in [-0.39, 0.29) is 12.4 Å². The van der Waals surface area contributed by atoms with Gasteiger partial charge < -0.3 is 9.84 Å². The summed E-state index contributed by atoms with van der Waals surface area (Å²) in [5.41, 5.74) is -0.00271. The minimum Gasteiger partial charge on any atom is -0.496 e. The highest BCUT2D eigenvalue weighted by molar-refractivity contribution is 9.10. The van der Waals surface area contributed by atoms with Gasteiger partial charge in [0, 0.05) is 4.47 Å². The van der Waals surface area contributed by atoms with Crippen molar-refractivity contribution in [3.05, 3.63) is 28.2 Å². The molecule has 0 atom stereocenters. The van der Waals surface area contributed by atoms with Crippen LogP contribution in [0.5, 0.6) is 5.75 Å². The van der Waals surface area contributed by atoms with Crippen LogP contribution in [0.3, 0.4) is 0 Å². The summed E-state index contributed by atoms with van der Waals surface area (Å²) in [7, 11) is 1.54. The zero-order chi connectivity index (χ0) is 11.8. The van der Waals surface area contributed by atoms with Gasteiger partial charge in [-0.05, 0) is 31.0 Å². The van der Waals surface area contributed by atoms with Gasteiger partial charge in [-0.3, -0.25) is 4.79 Å². The number of halogens is 1. The van der Waals surface area contributed by atoms with Gasteiger partial charge in [0.25, 0.3) is 0 Å². The second-order valence-electron chi connectivity index (χ2n) is 4.11. The molecule has 0 saturated heterocycles. The Bertz CT molecular complexity index is 424. The van der Waals surface area contributed by atoms with Crippen LogP contribution in [0.25, 0.3) is 0 Å². The third-order valence-electron chi connectivity index (χ3n) is 3.04. The molecule has 0 spiro atoms. The fourth-order valence-electron chi connectivity index (χ4n) is 1.75. The Labute approximate surface area is 103 Å². The van der Waals surface area contributed by atoms with E-state index in [0.29, 0.717) is 11.3 Å². The van der Waals surface area contributed by atoms with E-state index in [2.05, 4.69) is 15.9 Å². The Balaban J connectivity index is 2.39. The average Bonchev–Trinajstić information content (AvgIpc) is 3.09. The van der Waals surface area contributed by atoms with E-state index in [1.807, 2.05) is 6.07 Å². The summed E-state index contributed by atoms with van der Waals surface area (Å²) in [5.74, 6) is 0.543. The van der Waals surface area contributed by atoms with Gasteiger partial charge in [-0.15, -0.1) is 0 Å². The van der Waals surface area contributed by atoms with E-state index >= 15 is 0 Å². The Morgan fingerprint density at radius 3 is 2.75 bits per heavy atom. The molecule has 2 rings (SSSR count). The van der Waals surface area contributed by atoms with Crippen molar-refractivity contribution >= 4 is 21.7 Å². The summed E-state index contributed by atoms with van der Waals surface area (Å²) in [6.45, 7) is -0.0818. The van der Waals surface area contributed by atoms with Crippen LogP contribution in [0, 0.1) is 5.41 Å². The lowest BCUT2D eigenvalue weighted by Crippen LogP contribution is -2.20. The standard InChI is InChI=1S/C12H13BrO3/c1-16-10-3-2-8(13)6-9(10)11(15)12(7-14)4-5-12/h2-3,6,14H,4-5,7H2,1H3. The first kappa shape index (κ1) is 11.6. The van der Waals surface area contributed by atoms with Crippen molar-refractivity contribution in [1.29, 1.82) is 0 Å². The molecule has 0 unspecified atom stereocenters. The summed E-state index contributed by atoms with van der Waals surface area (Å²) in [6.07, 6.45) is 1.52. The molecule has 86 valence electrons. The molecule has 1 aromatic carbocycles. The number of rotatable bonds is 4. The van der Waals surface area contributed by atoms with E-state index in [0.717, 1.165) is 17.3 Å². The SMILES string of the molecule is COc1ccc(Br)cc1C(=O)C1(CO)CC1. The predicted molar refractivity (Wildman–Crippen MR) is 63.8 cm³/mol. The Morgan fingerprint density at radius 2 is 2.25 bits per heavy atom. The van der Waals surface area contributed by atoms with Crippen molar-refractivity contribution in [2.75, 3.05) is 13.7 Å². The van der Waals surface area contributed by atoms with E-state index in [1.165, 1.54) is 0 Å². The summed E-state index contributed by atoms with van der Waals surface area (Å²) in [5, 5.41) is 9.25. The van der Waals surface area contributed by atoms with Crippen LogP contribution in [0.2, 0.25) is 0 Å². The van der Waals surface area contributed by atoms with Crippen LogP contribution in [-0.4, -0.2) is 24.6 Å². The van der Waals surface area contributed by atoms with Crippen molar-refractivity contribution in [1.82, 2.24) is 0 Å². The number of Topliss-reactive ketones (excluding diaryl/α,β-unsaturated/α-hetero) is 1. The molecule has 1 N–H and O–H groups in total. The molecular formula is C12H13BrO3. The number of ketones is 1. The average molecular weight is 285 g/mol. The molecular weight excluding hydrogens is 272 g/mol. The number of hydrogen-bond donors (Lipinski definition) is 1. The maximum Gasteiger partial charge on any atom is 0.175 e. The lowest BCUT2D eigenvalue weighted by molar-refractivity contribution is 0.0826. The van der Waals surface area contributed by atoms with Crippen LogP contribution >= 0.6 is 15.9 Å². The summed E-state index contributed by atoms with van der Waals surface area (Å²) >= 11 is 3.33. The largest absolute Gasteiger partial charge is 0.496 e. The van der Waals surface area contributed by atoms with Gasteiger partial charge in [0.05, 0.1) is 24.7 Å². The summed E-state index contributed by atoms with van der Waals surface area (Å²) in [6, 6.07) is 5.33. The number of aliphatic hydroxyl groups is 1. The highest BCUT2D eigenvalue weighted by atomic mass is 79.9. The number of carbonyl (C=O) groups is 1. The smallest absolute Gasteiger partial charge is 0.175 e. The Hall–Kier alpha value is -0.870. The first-order chi connectivity index (χ1) is 7.63. The minimum absolute atomic E-state index is 0.0202. The van der Waals surface area contributed by atoms with E-state index in [9.17, 15) is 9.90 Å². The highest BCUT2D eigenvalue weighted by Gasteiger charge is 2.50. The number of carbonyl (C=O) groups excluding carboxylic acids is 1. The van der Waals surface area contributed by atoms with Crippen molar-refractivity contribution in [3.8, 4) is 5.75 Å². The van der Waals surface area contributed by atoms with Crippen molar-refractivity contribution in [3.63, 3.8) is 0 Å². The maximum absolute atomic E-state index is 12.2. The second kappa shape index (κ2) is 4.18. The van der Waals surface area contributed by atoms with E-state index in [4.69, 9.17) is 4.74 Å². The van der Waals surface area contributed by atoms with E-state index < -0.39 is 5.41 Å². The molecule has 0 amide bonds. The fourth-order valence-corrected chi connectivity index (χ4v) is 2.11. The number of aliphatic hydroxyl groups excluding tert-OH is 1. The third kappa shape index (κ3) is 1.87. The Kier molecular flexibility index (Phi) is 3.04. The van der Waals surface area contributed by atoms with Crippen molar-refractivity contribution in [2.24, 2.45) is 5.41 Å². The molecule has 3 nitrogen and oxygen atoms in total. The molecule has 1 aliphatic carbocycles. The van der Waals surface area contributed by atoms with Gasteiger partial charge in [0.2, 0.25) is 0 Å². The van der Waals surface area contributed by atoms with Gasteiger partial charge in [-0.2, -0.15) is 0 Å². The van der Waals surface area contributed by atoms with Gasteiger partial charge in [-0.1, -0.05) is 15.9 Å². The fraction of sp³-hybridized carbons (Fsp3) is 0.417. The lowest BCUT2D eigenvalue weighted by Gasteiger charge is -2.13. The van der Waals surface area contributed by atoms with Crippen molar-refractivity contribution in [2.45, 2.75) is 12.8 Å². The monoisotopic (exact) mass is 284 g/mol. The molecule has 0 radical (unpaired) electrons. The molecule has 1 saturated carbocycles. The topological polar surface area (TPSA) is 46.5 Å². The molecule has 1 fully saturated rings. The van der Waals surface area contributed by atoms with Crippen LogP contribution in [-0.2, 0) is 0 Å². The minimum atomic E-state index is -0.548. The molecule has 16 heavy (non-hydrogen) atoms. The number of hydrogen-bond acceptors (Lipinski definition) is 3. The van der Waals surface area contributed by atoms with Crippen molar-refractivity contribution < 1.29 is 14.6 Å². The molecule has 0 bridgehead atoms. The quantitative estimate of drug-likeness (QED) is 0.864. The zero-order valence-corrected chi connectivity index (χ0v) is 10.6. The van der Waals surface area contributed by atoms with E-state index in [1.54, 1.807) is 19.2 Å². The number of benzene rings is 1. The van der Waals surface area contributed by atoms with Crippen LogP contribution in [0.4, 0.5) is 0 Å². The molecule has 1 aliphatic rings. The predicted octanol–water partition coefficient (Wildman–Crippen LogP) is 2.41. The van der Waals surface area contributed by atoms with Crippen LogP contribution in [0.15, 0.2) is 22.7 Å².